The number of fused-ring (bicyclic) bond motifs is 1. The molecule has 9 nitrogen and oxygen atoms in total. The van der Waals surface area contributed by atoms with Gasteiger partial charge in [0.1, 0.15) is 18.0 Å². The molecule has 1 saturated heterocycles. The van der Waals surface area contributed by atoms with Crippen molar-refractivity contribution in [1.29, 1.82) is 0 Å². The molecule has 5 rings (SSSR count). The third kappa shape index (κ3) is 4.72. The molecule has 35 heavy (non-hydrogen) atoms. The van der Waals surface area contributed by atoms with Gasteiger partial charge in [0.05, 0.1) is 17.4 Å². The summed E-state index contributed by atoms with van der Waals surface area (Å²) < 4.78 is 14.6. The van der Waals surface area contributed by atoms with E-state index >= 15 is 0 Å². The summed E-state index contributed by atoms with van der Waals surface area (Å²) in [5.74, 6) is 2.16. The van der Waals surface area contributed by atoms with Gasteiger partial charge in [-0.05, 0) is 43.7 Å². The van der Waals surface area contributed by atoms with Crippen LogP contribution in [-0.2, 0) is 11.6 Å². The third-order valence-corrected chi connectivity index (χ3v) is 7.88. The zero-order valence-electron chi connectivity index (χ0n) is 19.7. The molecule has 0 bridgehead atoms. The fourth-order valence-electron chi connectivity index (χ4n) is 4.32. The van der Waals surface area contributed by atoms with Crippen molar-refractivity contribution in [2.75, 3.05) is 48.6 Å². The largest absolute Gasteiger partial charge is 0.396 e. The first-order chi connectivity index (χ1) is 16.7. The maximum Gasteiger partial charge on any atom is 0.229 e. The minimum atomic E-state index is -2.50. The van der Waals surface area contributed by atoms with Gasteiger partial charge in [-0.1, -0.05) is 23.7 Å². The number of rotatable bonds is 7. The Kier molecular flexibility index (Phi) is 6.17. The second-order valence-electron chi connectivity index (χ2n) is 9.14. The monoisotopic (exact) mass is 511 g/mol. The summed E-state index contributed by atoms with van der Waals surface area (Å²) in [6.07, 6.45) is 1.53. The molecule has 0 saturated carbocycles. The van der Waals surface area contributed by atoms with Gasteiger partial charge in [0.15, 0.2) is 5.82 Å². The van der Waals surface area contributed by atoms with Crippen molar-refractivity contribution in [1.82, 2.24) is 19.7 Å². The minimum Gasteiger partial charge on any atom is -0.396 e. The molecule has 0 amide bonds. The average Bonchev–Trinajstić information content (AvgIpc) is 3.10. The normalized spacial score (nSPS) is 14.3. The van der Waals surface area contributed by atoms with Crippen molar-refractivity contribution in [2.45, 2.75) is 0 Å². The third-order valence-electron chi connectivity index (χ3n) is 6.06. The van der Waals surface area contributed by atoms with E-state index in [0.717, 1.165) is 40.8 Å². The second kappa shape index (κ2) is 9.15. The first-order valence-electron chi connectivity index (χ1n) is 11.3. The zero-order chi connectivity index (χ0) is 24.7. The highest BCUT2D eigenvalue weighted by molar-refractivity contribution is 7.70. The standard InChI is InChI=1S/C24H27ClN7O2P/c1-31-23(32-12-15(13-32)14-33)17-9-8-16(10-20(17)30-31)27-24-26-11-18(25)22(29-24)28-19-6-4-5-7-21(19)35(2,3)34/h4-11,15,33H,12-14H2,1-3H3,(H2,26,27,28,29). The predicted octanol–water partition coefficient (Wildman–Crippen LogP) is 4.18. The summed E-state index contributed by atoms with van der Waals surface area (Å²) in [5.41, 5.74) is 2.34. The van der Waals surface area contributed by atoms with Gasteiger partial charge in [0, 0.05) is 49.0 Å². The Morgan fingerprint density at radius 3 is 2.69 bits per heavy atom. The Bertz CT molecular complexity index is 1450. The topological polar surface area (TPSA) is 108 Å². The van der Waals surface area contributed by atoms with Crippen molar-refractivity contribution >= 4 is 63.9 Å². The van der Waals surface area contributed by atoms with Gasteiger partial charge in [0.25, 0.3) is 0 Å². The molecular weight excluding hydrogens is 485 g/mol. The van der Waals surface area contributed by atoms with Gasteiger partial charge in [-0.3, -0.25) is 4.68 Å². The number of nitrogens with one attached hydrogen (secondary N) is 2. The van der Waals surface area contributed by atoms with Crippen LogP contribution in [-0.4, -0.2) is 57.9 Å². The highest BCUT2D eigenvalue weighted by Gasteiger charge is 2.29. The number of nitrogens with zero attached hydrogens (tertiary/aromatic N) is 5. The van der Waals surface area contributed by atoms with Crippen LogP contribution in [0.25, 0.3) is 10.9 Å². The molecule has 1 aliphatic heterocycles. The Morgan fingerprint density at radius 1 is 1.17 bits per heavy atom. The summed E-state index contributed by atoms with van der Waals surface area (Å²) in [7, 11) is -0.571. The summed E-state index contributed by atoms with van der Waals surface area (Å²) in [6.45, 7) is 5.32. The lowest BCUT2D eigenvalue weighted by atomic mass is 10.0. The molecule has 2 aromatic heterocycles. The zero-order valence-corrected chi connectivity index (χ0v) is 21.4. The lowest BCUT2D eigenvalue weighted by molar-refractivity contribution is 0.199. The van der Waals surface area contributed by atoms with E-state index in [4.69, 9.17) is 11.6 Å². The highest BCUT2D eigenvalue weighted by Crippen LogP contribution is 2.39. The van der Waals surface area contributed by atoms with Crippen LogP contribution in [0.3, 0.4) is 0 Å². The predicted molar refractivity (Wildman–Crippen MR) is 143 cm³/mol. The molecule has 0 atom stereocenters. The maximum atomic E-state index is 12.7. The smallest absolute Gasteiger partial charge is 0.229 e. The number of hydrogen-bond donors (Lipinski definition) is 3. The molecule has 1 fully saturated rings. The highest BCUT2D eigenvalue weighted by atomic mass is 35.5. The number of anilines is 5. The van der Waals surface area contributed by atoms with Crippen LogP contribution in [0.15, 0.2) is 48.7 Å². The number of halogens is 1. The molecule has 3 heterocycles. The van der Waals surface area contributed by atoms with Gasteiger partial charge in [0.2, 0.25) is 5.95 Å². The molecule has 0 spiro atoms. The van der Waals surface area contributed by atoms with Crippen LogP contribution >= 0.6 is 18.7 Å². The minimum absolute atomic E-state index is 0.208. The number of aryl methyl sites for hydroxylation is 1. The van der Waals surface area contributed by atoms with Crippen LogP contribution in [0.1, 0.15) is 0 Å². The number of aliphatic hydroxyl groups excluding tert-OH is 1. The van der Waals surface area contributed by atoms with Crippen molar-refractivity contribution in [3.8, 4) is 0 Å². The van der Waals surface area contributed by atoms with E-state index in [1.165, 1.54) is 6.20 Å². The van der Waals surface area contributed by atoms with E-state index in [0.29, 0.717) is 28.4 Å². The lowest BCUT2D eigenvalue weighted by Gasteiger charge is -2.39. The molecule has 11 heteroatoms. The van der Waals surface area contributed by atoms with Crippen LogP contribution in [0, 0.1) is 5.92 Å². The summed E-state index contributed by atoms with van der Waals surface area (Å²) >= 11 is 6.37. The number of hydrogen-bond acceptors (Lipinski definition) is 8. The first-order valence-corrected chi connectivity index (χ1v) is 14.2. The number of benzene rings is 2. The average molecular weight is 512 g/mol. The van der Waals surface area contributed by atoms with Crippen LogP contribution in [0.5, 0.6) is 0 Å². The van der Waals surface area contributed by atoms with E-state index in [-0.39, 0.29) is 6.61 Å². The molecular formula is C24H27ClN7O2P. The van der Waals surface area contributed by atoms with Crippen molar-refractivity contribution < 1.29 is 9.67 Å². The fourth-order valence-corrected chi connectivity index (χ4v) is 5.61. The quantitative estimate of drug-likeness (QED) is 0.317. The van der Waals surface area contributed by atoms with E-state index in [1.807, 2.05) is 54.2 Å². The fraction of sp³-hybridized carbons (Fsp3) is 0.292. The van der Waals surface area contributed by atoms with E-state index in [9.17, 15) is 9.67 Å². The molecule has 0 aliphatic carbocycles. The maximum absolute atomic E-state index is 12.7. The summed E-state index contributed by atoms with van der Waals surface area (Å²) in [4.78, 5) is 11.1. The van der Waals surface area contributed by atoms with Crippen molar-refractivity contribution in [3.63, 3.8) is 0 Å². The Balaban J connectivity index is 1.39. The molecule has 3 N–H and O–H groups in total. The molecule has 0 radical (unpaired) electrons. The molecule has 4 aromatic rings. The van der Waals surface area contributed by atoms with Gasteiger partial charge in [-0.2, -0.15) is 10.1 Å². The van der Waals surface area contributed by atoms with Crippen molar-refractivity contribution in [2.24, 2.45) is 13.0 Å². The molecule has 0 unspecified atom stereocenters. The number of aromatic nitrogens is 4. The molecule has 1 aliphatic rings. The van der Waals surface area contributed by atoms with Crippen LogP contribution in [0.2, 0.25) is 5.02 Å². The van der Waals surface area contributed by atoms with Gasteiger partial charge >= 0.3 is 0 Å². The number of aliphatic hydroxyl groups is 1. The number of para-hydroxylation sites is 1. The SMILES string of the molecule is Cn1nc2cc(Nc3ncc(Cl)c(Nc4ccccc4P(C)(C)=O)n3)ccc2c1N1CC(CO)C1. The van der Waals surface area contributed by atoms with Gasteiger partial charge in [-0.25, -0.2) is 4.98 Å². The second-order valence-corrected chi connectivity index (χ2v) is 12.7. The van der Waals surface area contributed by atoms with Crippen LogP contribution in [0.4, 0.5) is 29.0 Å². The Labute approximate surface area is 208 Å². The Morgan fingerprint density at radius 2 is 1.94 bits per heavy atom. The lowest BCUT2D eigenvalue weighted by Crippen LogP contribution is -2.49. The van der Waals surface area contributed by atoms with E-state index in [2.05, 4.69) is 30.6 Å². The van der Waals surface area contributed by atoms with E-state index in [1.54, 1.807) is 13.3 Å². The summed E-state index contributed by atoms with van der Waals surface area (Å²) in [6, 6.07) is 13.4. The van der Waals surface area contributed by atoms with Crippen molar-refractivity contribution in [3.05, 3.63) is 53.7 Å². The van der Waals surface area contributed by atoms with Crippen LogP contribution < -0.4 is 20.8 Å². The molecule has 2 aromatic carbocycles. The van der Waals surface area contributed by atoms with E-state index < -0.39 is 7.14 Å². The Hall–Kier alpha value is -3.13. The molecule has 182 valence electrons. The van der Waals surface area contributed by atoms with Gasteiger partial charge < -0.3 is 25.2 Å². The van der Waals surface area contributed by atoms with Gasteiger partial charge in [-0.15, -0.1) is 0 Å². The summed E-state index contributed by atoms with van der Waals surface area (Å²) in [5, 5.41) is 22.6. The first kappa shape index (κ1) is 23.6.